The van der Waals surface area contributed by atoms with Gasteiger partial charge < -0.3 is 0 Å². The molecule has 0 bridgehead atoms. The first-order valence-electron chi connectivity index (χ1n) is 13.0. The number of pyridine rings is 1. The van der Waals surface area contributed by atoms with Gasteiger partial charge in [-0.3, -0.25) is 0 Å². The van der Waals surface area contributed by atoms with Crippen LogP contribution in [-0.2, 0) is 0 Å². The first kappa shape index (κ1) is 26.3. The lowest BCUT2D eigenvalue weighted by Crippen LogP contribution is -2.04. The molecule has 5 aromatic carbocycles. The fraction of sp³-hybridized carbons (Fsp3) is 0. The standard InChI is InChI=1S/C34H13F3N6O/c35-29-24(15-39)30(36)27(31(37)25(29)16-40)20-10-11-21-26(12-20)41-32(19-4-2-1-3-5-19)23-13-22(18-8-6-17(14-38)7-9-18)33-34(28(21)23)43-44-42-33/h1-13H. The van der Waals surface area contributed by atoms with Crippen molar-refractivity contribution in [1.82, 2.24) is 15.3 Å². The minimum atomic E-state index is -1.55. The second kappa shape index (κ2) is 10.1. The molecule has 7 aromatic rings. The molecule has 0 N–H and O–H groups in total. The fourth-order valence-electron chi connectivity index (χ4n) is 5.45. The number of rotatable bonds is 3. The second-order valence-electron chi connectivity index (χ2n) is 9.85. The van der Waals surface area contributed by atoms with Crippen molar-refractivity contribution in [3.63, 3.8) is 0 Å². The van der Waals surface area contributed by atoms with Crippen LogP contribution in [0.3, 0.4) is 0 Å². The quantitative estimate of drug-likeness (QED) is 0.195. The summed E-state index contributed by atoms with van der Waals surface area (Å²) < 4.78 is 50.4. The van der Waals surface area contributed by atoms with Crippen LogP contribution < -0.4 is 0 Å². The predicted molar refractivity (Wildman–Crippen MR) is 155 cm³/mol. The van der Waals surface area contributed by atoms with Gasteiger partial charge in [0.15, 0.2) is 17.5 Å². The molecule has 0 saturated carbocycles. The van der Waals surface area contributed by atoms with Crippen LogP contribution >= 0.6 is 0 Å². The van der Waals surface area contributed by atoms with Gasteiger partial charge in [0.2, 0.25) is 0 Å². The summed E-state index contributed by atoms with van der Waals surface area (Å²) in [6.07, 6.45) is 0. The number of halogens is 3. The second-order valence-corrected chi connectivity index (χ2v) is 9.85. The molecule has 0 fully saturated rings. The Hall–Kier alpha value is -6.57. The SMILES string of the molecule is N#Cc1ccc(-c2cc3c(-c4ccccc4)nc4cc(-c5c(F)c(C#N)c(F)c(C#N)c5F)ccc4c3c3nonc23)cc1. The third-order valence-electron chi connectivity index (χ3n) is 7.49. The third-order valence-corrected chi connectivity index (χ3v) is 7.49. The molecule has 10 heteroatoms. The predicted octanol–water partition coefficient (Wildman–Crippen LogP) is 7.96. The zero-order chi connectivity index (χ0) is 30.5. The van der Waals surface area contributed by atoms with Gasteiger partial charge in [-0.1, -0.05) is 54.6 Å². The van der Waals surface area contributed by atoms with Crippen LogP contribution in [0, 0.1) is 51.4 Å². The molecule has 206 valence electrons. The van der Waals surface area contributed by atoms with Crippen molar-refractivity contribution in [3.8, 4) is 51.7 Å². The van der Waals surface area contributed by atoms with E-state index in [4.69, 9.17) is 9.61 Å². The van der Waals surface area contributed by atoms with E-state index in [0.29, 0.717) is 49.5 Å². The molecule has 7 nitrogen and oxygen atoms in total. The smallest absolute Gasteiger partial charge is 0.164 e. The third kappa shape index (κ3) is 3.85. The molecule has 0 unspecified atom stereocenters. The molecular weight excluding hydrogens is 565 g/mol. The number of hydrogen-bond donors (Lipinski definition) is 0. The molecular formula is C34H13F3N6O. The van der Waals surface area contributed by atoms with Crippen molar-refractivity contribution < 1.29 is 17.8 Å². The molecule has 0 aliphatic rings. The molecule has 0 radical (unpaired) electrons. The summed E-state index contributed by atoms with van der Waals surface area (Å²) >= 11 is 0. The van der Waals surface area contributed by atoms with Crippen LogP contribution in [-0.4, -0.2) is 15.3 Å². The van der Waals surface area contributed by atoms with Crippen molar-refractivity contribution in [2.75, 3.05) is 0 Å². The Morgan fingerprint density at radius 1 is 0.614 bits per heavy atom. The maximum Gasteiger partial charge on any atom is 0.164 e. The zero-order valence-electron chi connectivity index (χ0n) is 22.2. The Morgan fingerprint density at radius 2 is 1.27 bits per heavy atom. The Balaban J connectivity index is 1.58. The van der Waals surface area contributed by atoms with Crippen molar-refractivity contribution in [2.45, 2.75) is 0 Å². The topological polar surface area (TPSA) is 123 Å². The first-order chi connectivity index (χ1) is 21.4. The van der Waals surface area contributed by atoms with Crippen molar-refractivity contribution in [2.24, 2.45) is 0 Å². The van der Waals surface area contributed by atoms with E-state index in [0.717, 1.165) is 11.1 Å². The summed E-state index contributed by atoms with van der Waals surface area (Å²) in [6, 6.07) is 27.4. The van der Waals surface area contributed by atoms with Crippen molar-refractivity contribution in [3.05, 3.63) is 113 Å². The number of benzene rings is 5. The molecule has 7 rings (SSSR count). The summed E-state index contributed by atoms with van der Waals surface area (Å²) in [4.78, 5) is 4.90. The zero-order valence-corrected chi connectivity index (χ0v) is 22.2. The molecule has 0 aliphatic carbocycles. The normalized spacial score (nSPS) is 11.0. The van der Waals surface area contributed by atoms with Crippen LogP contribution in [0.5, 0.6) is 0 Å². The average molecular weight is 579 g/mol. The first-order valence-corrected chi connectivity index (χ1v) is 13.0. The largest absolute Gasteiger partial charge is 0.247 e. The molecule has 0 saturated heterocycles. The van der Waals surface area contributed by atoms with E-state index >= 15 is 8.78 Å². The highest BCUT2D eigenvalue weighted by Crippen LogP contribution is 2.42. The van der Waals surface area contributed by atoms with Gasteiger partial charge in [-0.2, -0.15) is 15.8 Å². The molecule has 0 atom stereocenters. The van der Waals surface area contributed by atoms with Crippen LogP contribution in [0.1, 0.15) is 16.7 Å². The Bertz CT molecular complexity index is 2410. The highest BCUT2D eigenvalue weighted by Gasteiger charge is 2.27. The van der Waals surface area contributed by atoms with Gasteiger partial charge in [0.1, 0.15) is 34.3 Å². The average Bonchev–Trinajstić information content (AvgIpc) is 3.55. The minimum absolute atomic E-state index is 0.0462. The van der Waals surface area contributed by atoms with E-state index in [9.17, 15) is 20.2 Å². The van der Waals surface area contributed by atoms with E-state index in [2.05, 4.69) is 16.4 Å². The van der Waals surface area contributed by atoms with Gasteiger partial charge >= 0.3 is 0 Å². The Labute approximate surface area is 246 Å². The minimum Gasteiger partial charge on any atom is -0.247 e. The van der Waals surface area contributed by atoms with Crippen LogP contribution in [0.15, 0.2) is 83.5 Å². The monoisotopic (exact) mass is 578 g/mol. The molecule has 0 aliphatic heterocycles. The summed E-state index contributed by atoms with van der Waals surface area (Å²) in [5.74, 6) is -4.39. The highest BCUT2D eigenvalue weighted by molar-refractivity contribution is 6.23. The lowest BCUT2D eigenvalue weighted by molar-refractivity contribution is 0.316. The van der Waals surface area contributed by atoms with Gasteiger partial charge in [0, 0.05) is 27.3 Å². The maximum absolute atomic E-state index is 15.3. The van der Waals surface area contributed by atoms with Crippen LogP contribution in [0.4, 0.5) is 13.2 Å². The van der Waals surface area contributed by atoms with Crippen LogP contribution in [0.25, 0.3) is 66.2 Å². The van der Waals surface area contributed by atoms with E-state index in [-0.39, 0.29) is 5.56 Å². The molecule has 2 heterocycles. The van der Waals surface area contributed by atoms with Gasteiger partial charge in [0.05, 0.1) is 28.4 Å². The van der Waals surface area contributed by atoms with Gasteiger partial charge in [-0.25, -0.2) is 22.8 Å². The lowest BCUT2D eigenvalue weighted by Gasteiger charge is -2.14. The molecule has 0 spiro atoms. The number of aromatic nitrogens is 3. The summed E-state index contributed by atoms with van der Waals surface area (Å²) in [5.41, 5.74) is 1.53. The van der Waals surface area contributed by atoms with Crippen molar-refractivity contribution >= 4 is 32.7 Å². The molecule has 0 amide bonds. The van der Waals surface area contributed by atoms with E-state index in [1.165, 1.54) is 24.3 Å². The van der Waals surface area contributed by atoms with Gasteiger partial charge in [-0.15, -0.1) is 0 Å². The van der Waals surface area contributed by atoms with Gasteiger partial charge in [0.25, 0.3) is 0 Å². The van der Waals surface area contributed by atoms with Gasteiger partial charge in [-0.05, 0) is 45.7 Å². The van der Waals surface area contributed by atoms with E-state index < -0.39 is 34.1 Å². The summed E-state index contributed by atoms with van der Waals surface area (Å²) in [5, 5.41) is 38.2. The number of fused-ring (bicyclic) bond motifs is 5. The van der Waals surface area contributed by atoms with E-state index in [1.54, 1.807) is 30.3 Å². The summed E-state index contributed by atoms with van der Waals surface area (Å²) in [6.45, 7) is 0. The fourth-order valence-corrected chi connectivity index (χ4v) is 5.45. The number of nitriles is 3. The highest BCUT2D eigenvalue weighted by atomic mass is 19.1. The maximum atomic E-state index is 15.3. The molecule has 2 aromatic heterocycles. The Kier molecular flexibility index (Phi) is 6.02. The number of hydrogen-bond acceptors (Lipinski definition) is 7. The molecule has 44 heavy (non-hydrogen) atoms. The summed E-state index contributed by atoms with van der Waals surface area (Å²) in [7, 11) is 0. The lowest BCUT2D eigenvalue weighted by atomic mass is 9.92. The van der Waals surface area contributed by atoms with Crippen molar-refractivity contribution in [1.29, 1.82) is 15.8 Å². The van der Waals surface area contributed by atoms with E-state index in [1.807, 2.05) is 36.4 Å². The Morgan fingerprint density at radius 3 is 1.93 bits per heavy atom. The number of nitrogens with zero attached hydrogens (tertiary/aromatic N) is 6. The van der Waals surface area contributed by atoms with Crippen LogP contribution in [0.2, 0.25) is 0 Å².